The van der Waals surface area contributed by atoms with Crippen LogP contribution in [0.3, 0.4) is 0 Å². The minimum Gasteiger partial charge on any atom is -0.381 e. The maximum absolute atomic E-state index is 11.5. The number of rotatable bonds is 8. The first-order chi connectivity index (χ1) is 6.93. The molecule has 0 fully saturated rings. The van der Waals surface area contributed by atoms with Gasteiger partial charge in [-0.2, -0.15) is 0 Å². The molecule has 0 aliphatic heterocycles. The molecule has 0 radical (unpaired) electrons. The van der Waals surface area contributed by atoms with Gasteiger partial charge in [-0.25, -0.2) is 13.1 Å². The van der Waals surface area contributed by atoms with Gasteiger partial charge in [-0.15, -0.1) is 11.6 Å². The molecule has 15 heavy (non-hydrogen) atoms. The Hall–Kier alpha value is 0.160. The lowest BCUT2D eigenvalue weighted by atomic mass is 10.1. The van der Waals surface area contributed by atoms with Gasteiger partial charge in [0.1, 0.15) is 0 Å². The van der Waals surface area contributed by atoms with E-state index in [9.17, 15) is 8.42 Å². The summed E-state index contributed by atoms with van der Waals surface area (Å²) >= 11 is 5.64. The van der Waals surface area contributed by atoms with Crippen molar-refractivity contribution >= 4 is 21.6 Å². The van der Waals surface area contributed by atoms with Gasteiger partial charge in [0.15, 0.2) is 0 Å². The van der Waals surface area contributed by atoms with Gasteiger partial charge in [0, 0.05) is 18.5 Å². The van der Waals surface area contributed by atoms with Crippen LogP contribution in [0.2, 0.25) is 0 Å². The molecule has 0 rings (SSSR count). The van der Waals surface area contributed by atoms with Crippen LogP contribution >= 0.6 is 11.6 Å². The second kappa shape index (κ2) is 7.44. The molecule has 1 N–H and O–H groups in total. The quantitative estimate of drug-likeness (QED) is 0.525. The minimum atomic E-state index is -3.24. The standard InChI is InChI=1S/C9H20ClNO3S/c1-4-14-5-6-15(12,13)11-9(3)8(2)7-10/h8-9,11H,4-7H2,1-3H3. The zero-order valence-corrected chi connectivity index (χ0v) is 11.1. The van der Waals surface area contributed by atoms with Gasteiger partial charge >= 0.3 is 0 Å². The third-order valence-corrected chi connectivity index (χ3v) is 4.08. The van der Waals surface area contributed by atoms with Crippen LogP contribution in [0.25, 0.3) is 0 Å². The smallest absolute Gasteiger partial charge is 0.214 e. The summed E-state index contributed by atoms with van der Waals surface area (Å²) in [5, 5.41) is 0. The van der Waals surface area contributed by atoms with Gasteiger partial charge in [0.25, 0.3) is 0 Å². The average molecular weight is 258 g/mol. The van der Waals surface area contributed by atoms with Gasteiger partial charge in [0.2, 0.25) is 10.0 Å². The van der Waals surface area contributed by atoms with Crippen molar-refractivity contribution in [3.05, 3.63) is 0 Å². The highest BCUT2D eigenvalue weighted by Crippen LogP contribution is 2.05. The molecule has 6 heteroatoms. The molecular weight excluding hydrogens is 238 g/mol. The molecule has 0 aliphatic rings. The maximum atomic E-state index is 11.5. The van der Waals surface area contributed by atoms with E-state index in [1.165, 1.54) is 0 Å². The Balaban J connectivity index is 4.02. The molecule has 0 aromatic heterocycles. The molecule has 0 aromatic carbocycles. The number of hydrogen-bond acceptors (Lipinski definition) is 3. The molecule has 2 unspecified atom stereocenters. The van der Waals surface area contributed by atoms with E-state index < -0.39 is 10.0 Å². The normalized spacial score (nSPS) is 16.3. The van der Waals surface area contributed by atoms with Gasteiger partial charge in [-0.3, -0.25) is 0 Å². The second-order valence-electron chi connectivity index (χ2n) is 3.55. The van der Waals surface area contributed by atoms with Crippen LogP contribution in [0, 0.1) is 5.92 Å². The van der Waals surface area contributed by atoms with E-state index in [1.54, 1.807) is 0 Å². The molecule has 2 atom stereocenters. The van der Waals surface area contributed by atoms with Crippen molar-refractivity contribution in [2.75, 3.05) is 24.8 Å². The molecule has 0 amide bonds. The Kier molecular flexibility index (Phi) is 7.52. The number of hydrogen-bond donors (Lipinski definition) is 1. The third kappa shape index (κ3) is 7.11. The van der Waals surface area contributed by atoms with Crippen molar-refractivity contribution in [3.8, 4) is 0 Å². The van der Waals surface area contributed by atoms with E-state index in [2.05, 4.69) is 4.72 Å². The van der Waals surface area contributed by atoms with Crippen LogP contribution in [0.4, 0.5) is 0 Å². The first-order valence-electron chi connectivity index (χ1n) is 5.06. The summed E-state index contributed by atoms with van der Waals surface area (Å²) in [5.74, 6) is 0.559. The molecule has 0 bridgehead atoms. The summed E-state index contributed by atoms with van der Waals surface area (Å²) < 4.78 is 30.6. The summed E-state index contributed by atoms with van der Waals surface area (Å²) in [4.78, 5) is 0. The summed E-state index contributed by atoms with van der Waals surface area (Å²) in [6, 6.07) is -0.144. The molecule has 0 spiro atoms. The van der Waals surface area contributed by atoms with Gasteiger partial charge in [-0.05, 0) is 19.8 Å². The number of sulfonamides is 1. The lowest BCUT2D eigenvalue weighted by Gasteiger charge is -2.18. The van der Waals surface area contributed by atoms with Crippen molar-refractivity contribution in [2.24, 2.45) is 5.92 Å². The van der Waals surface area contributed by atoms with E-state index in [4.69, 9.17) is 16.3 Å². The Morgan fingerprint density at radius 1 is 1.40 bits per heavy atom. The Labute approximate surface area is 97.4 Å². The zero-order valence-electron chi connectivity index (χ0n) is 9.49. The van der Waals surface area contributed by atoms with Crippen LogP contribution in [0.15, 0.2) is 0 Å². The van der Waals surface area contributed by atoms with E-state index in [-0.39, 0.29) is 24.3 Å². The Morgan fingerprint density at radius 3 is 2.47 bits per heavy atom. The Bertz CT molecular complexity index is 256. The molecule has 92 valence electrons. The summed E-state index contributed by atoms with van der Waals surface area (Å²) in [6.45, 7) is 6.31. The monoisotopic (exact) mass is 257 g/mol. The lowest BCUT2D eigenvalue weighted by Crippen LogP contribution is -2.39. The predicted molar refractivity (Wildman–Crippen MR) is 62.8 cm³/mol. The number of nitrogens with one attached hydrogen (secondary N) is 1. The van der Waals surface area contributed by atoms with Crippen LogP contribution in [-0.2, 0) is 14.8 Å². The van der Waals surface area contributed by atoms with E-state index in [0.717, 1.165) is 0 Å². The predicted octanol–water partition coefficient (Wildman–Crippen LogP) is 1.21. The molecule has 0 aliphatic carbocycles. The maximum Gasteiger partial charge on any atom is 0.214 e. The van der Waals surface area contributed by atoms with Gasteiger partial charge in [0.05, 0.1) is 12.4 Å². The fraction of sp³-hybridized carbons (Fsp3) is 1.00. The topological polar surface area (TPSA) is 55.4 Å². The fourth-order valence-electron chi connectivity index (χ4n) is 0.905. The number of halogens is 1. The molecule has 0 aromatic rings. The first kappa shape index (κ1) is 15.2. The van der Waals surface area contributed by atoms with E-state index in [1.807, 2.05) is 20.8 Å². The largest absolute Gasteiger partial charge is 0.381 e. The average Bonchev–Trinajstić information content (AvgIpc) is 2.16. The molecular formula is C9H20ClNO3S. The van der Waals surface area contributed by atoms with Crippen molar-refractivity contribution in [2.45, 2.75) is 26.8 Å². The highest BCUT2D eigenvalue weighted by molar-refractivity contribution is 7.89. The summed E-state index contributed by atoms with van der Waals surface area (Å²) in [7, 11) is -3.24. The van der Waals surface area contributed by atoms with Gasteiger partial charge < -0.3 is 4.74 Å². The highest BCUT2D eigenvalue weighted by Gasteiger charge is 2.18. The fourth-order valence-corrected chi connectivity index (χ4v) is 2.43. The Morgan fingerprint density at radius 2 is 2.00 bits per heavy atom. The number of ether oxygens (including phenoxy) is 1. The highest BCUT2D eigenvalue weighted by atomic mass is 35.5. The van der Waals surface area contributed by atoms with Crippen LogP contribution in [0.5, 0.6) is 0 Å². The molecule has 0 heterocycles. The molecule has 4 nitrogen and oxygen atoms in total. The third-order valence-electron chi connectivity index (χ3n) is 2.16. The first-order valence-corrected chi connectivity index (χ1v) is 7.25. The summed E-state index contributed by atoms with van der Waals surface area (Å²) in [6.07, 6.45) is 0. The van der Waals surface area contributed by atoms with Crippen molar-refractivity contribution in [1.82, 2.24) is 4.72 Å². The van der Waals surface area contributed by atoms with Crippen molar-refractivity contribution in [3.63, 3.8) is 0 Å². The van der Waals surface area contributed by atoms with Crippen molar-refractivity contribution in [1.29, 1.82) is 0 Å². The van der Waals surface area contributed by atoms with E-state index in [0.29, 0.717) is 12.5 Å². The lowest BCUT2D eigenvalue weighted by molar-refractivity contribution is 0.163. The second-order valence-corrected chi connectivity index (χ2v) is 5.74. The van der Waals surface area contributed by atoms with Crippen LogP contribution < -0.4 is 4.72 Å². The zero-order chi connectivity index (χ0) is 11.9. The minimum absolute atomic E-state index is 0.000184. The van der Waals surface area contributed by atoms with Crippen LogP contribution in [-0.4, -0.2) is 39.3 Å². The summed E-state index contributed by atoms with van der Waals surface area (Å²) in [5.41, 5.74) is 0. The van der Waals surface area contributed by atoms with Crippen molar-refractivity contribution < 1.29 is 13.2 Å². The SMILES string of the molecule is CCOCCS(=O)(=O)NC(C)C(C)CCl. The van der Waals surface area contributed by atoms with Crippen LogP contribution in [0.1, 0.15) is 20.8 Å². The molecule has 0 saturated carbocycles. The molecule has 0 saturated heterocycles. The van der Waals surface area contributed by atoms with E-state index >= 15 is 0 Å². The number of alkyl halides is 1. The van der Waals surface area contributed by atoms with Gasteiger partial charge in [-0.1, -0.05) is 6.92 Å².